The van der Waals surface area contributed by atoms with Crippen molar-refractivity contribution in [3.8, 4) is 5.75 Å². The van der Waals surface area contributed by atoms with Gasteiger partial charge in [-0.2, -0.15) is 0 Å². The molecule has 0 saturated carbocycles. The van der Waals surface area contributed by atoms with Crippen molar-refractivity contribution in [2.24, 2.45) is 0 Å². The van der Waals surface area contributed by atoms with E-state index in [-0.39, 0.29) is 11.9 Å². The first kappa shape index (κ1) is 15.3. The van der Waals surface area contributed by atoms with Crippen LogP contribution in [-0.4, -0.2) is 19.1 Å². The average molecular weight is 264 g/mol. The Morgan fingerprint density at radius 1 is 1.42 bits per heavy atom. The Hall–Kier alpha value is -1.71. The number of unbranched alkanes of at least 4 members (excludes halogenated alkanes) is 2. The summed E-state index contributed by atoms with van der Waals surface area (Å²) >= 11 is 0. The largest absolute Gasteiger partial charge is 0.495 e. The number of nitrogen functional groups attached to an aromatic ring is 1. The van der Waals surface area contributed by atoms with Gasteiger partial charge in [0, 0.05) is 6.04 Å². The van der Waals surface area contributed by atoms with Crippen LogP contribution in [-0.2, 0) is 0 Å². The fourth-order valence-electron chi connectivity index (χ4n) is 1.99. The maximum atomic E-state index is 12.1. The summed E-state index contributed by atoms with van der Waals surface area (Å²) in [5.74, 6) is 0.395. The molecule has 0 aliphatic rings. The first-order chi connectivity index (χ1) is 9.10. The van der Waals surface area contributed by atoms with Crippen LogP contribution in [0.1, 0.15) is 49.9 Å². The summed E-state index contributed by atoms with van der Waals surface area (Å²) in [6, 6.07) is 5.39. The second kappa shape index (κ2) is 7.67. The van der Waals surface area contributed by atoms with E-state index >= 15 is 0 Å². The highest BCUT2D eigenvalue weighted by Gasteiger charge is 2.14. The zero-order valence-electron chi connectivity index (χ0n) is 12.0. The van der Waals surface area contributed by atoms with Crippen LogP contribution in [0.4, 0.5) is 5.69 Å². The number of hydrogen-bond acceptors (Lipinski definition) is 3. The van der Waals surface area contributed by atoms with Gasteiger partial charge in [0.2, 0.25) is 0 Å². The van der Waals surface area contributed by atoms with Gasteiger partial charge in [-0.1, -0.05) is 32.3 Å². The molecule has 0 aliphatic heterocycles. The summed E-state index contributed by atoms with van der Waals surface area (Å²) in [6.07, 6.45) is 4.50. The standard InChI is InChI=1S/C15H24N2O2/c1-4-5-6-8-11(2)17-15(18)12-9-7-10-13(19-3)14(12)16/h7,9-11H,4-6,8,16H2,1-3H3,(H,17,18). The molecular weight excluding hydrogens is 240 g/mol. The van der Waals surface area contributed by atoms with Gasteiger partial charge in [-0.15, -0.1) is 0 Å². The molecule has 3 N–H and O–H groups in total. The Morgan fingerprint density at radius 2 is 2.16 bits per heavy atom. The number of methoxy groups -OCH3 is 1. The monoisotopic (exact) mass is 264 g/mol. The summed E-state index contributed by atoms with van der Waals surface area (Å²) in [5.41, 5.74) is 6.77. The number of nitrogens with one attached hydrogen (secondary N) is 1. The van der Waals surface area contributed by atoms with Crippen molar-refractivity contribution >= 4 is 11.6 Å². The molecule has 0 heterocycles. The first-order valence-electron chi connectivity index (χ1n) is 6.83. The van der Waals surface area contributed by atoms with E-state index in [1.807, 2.05) is 6.92 Å². The summed E-state index contributed by atoms with van der Waals surface area (Å²) in [4.78, 5) is 12.1. The number of nitrogens with two attached hydrogens (primary N) is 1. The van der Waals surface area contributed by atoms with Gasteiger partial charge in [-0.05, 0) is 25.5 Å². The predicted octanol–water partition coefficient (Wildman–Crippen LogP) is 2.98. The van der Waals surface area contributed by atoms with Crippen molar-refractivity contribution in [2.45, 2.75) is 45.6 Å². The van der Waals surface area contributed by atoms with E-state index < -0.39 is 0 Å². The van der Waals surface area contributed by atoms with E-state index in [4.69, 9.17) is 10.5 Å². The molecule has 19 heavy (non-hydrogen) atoms. The van der Waals surface area contributed by atoms with Gasteiger partial charge in [0.25, 0.3) is 5.91 Å². The van der Waals surface area contributed by atoms with E-state index in [9.17, 15) is 4.79 Å². The van der Waals surface area contributed by atoms with Crippen molar-refractivity contribution in [3.05, 3.63) is 23.8 Å². The van der Waals surface area contributed by atoms with Gasteiger partial charge >= 0.3 is 0 Å². The molecule has 0 aromatic heterocycles. The normalized spacial score (nSPS) is 11.9. The number of carbonyl (C=O) groups excluding carboxylic acids is 1. The molecule has 1 aromatic rings. The Bertz CT molecular complexity index is 419. The minimum atomic E-state index is -0.139. The molecule has 1 aromatic carbocycles. The summed E-state index contributed by atoms with van der Waals surface area (Å²) < 4.78 is 5.12. The van der Waals surface area contributed by atoms with Crippen molar-refractivity contribution < 1.29 is 9.53 Å². The van der Waals surface area contributed by atoms with Crippen molar-refractivity contribution in [1.82, 2.24) is 5.32 Å². The quantitative estimate of drug-likeness (QED) is 0.588. The van der Waals surface area contributed by atoms with Gasteiger partial charge in [0.15, 0.2) is 0 Å². The van der Waals surface area contributed by atoms with Crippen LogP contribution in [0.25, 0.3) is 0 Å². The minimum absolute atomic E-state index is 0.139. The van der Waals surface area contributed by atoms with Crippen molar-refractivity contribution in [2.75, 3.05) is 12.8 Å². The highest BCUT2D eigenvalue weighted by atomic mass is 16.5. The highest BCUT2D eigenvalue weighted by molar-refractivity contribution is 6.00. The van der Waals surface area contributed by atoms with E-state index in [0.717, 1.165) is 12.8 Å². The predicted molar refractivity (Wildman–Crippen MR) is 78.5 cm³/mol. The van der Waals surface area contributed by atoms with Crippen LogP contribution < -0.4 is 15.8 Å². The van der Waals surface area contributed by atoms with E-state index in [0.29, 0.717) is 17.0 Å². The third-order valence-electron chi connectivity index (χ3n) is 3.15. The lowest BCUT2D eigenvalue weighted by Gasteiger charge is -2.15. The maximum Gasteiger partial charge on any atom is 0.253 e. The van der Waals surface area contributed by atoms with Gasteiger partial charge in [0.1, 0.15) is 5.75 Å². The lowest BCUT2D eigenvalue weighted by molar-refractivity contribution is 0.0938. The lowest BCUT2D eigenvalue weighted by Crippen LogP contribution is -2.33. The second-order valence-corrected chi connectivity index (χ2v) is 4.79. The van der Waals surface area contributed by atoms with E-state index in [1.54, 1.807) is 25.3 Å². The molecular formula is C15H24N2O2. The van der Waals surface area contributed by atoms with E-state index in [2.05, 4.69) is 12.2 Å². The van der Waals surface area contributed by atoms with Crippen LogP contribution in [0.2, 0.25) is 0 Å². The number of hydrogen-bond donors (Lipinski definition) is 2. The number of rotatable bonds is 7. The molecule has 0 bridgehead atoms. The molecule has 106 valence electrons. The molecule has 1 unspecified atom stereocenters. The molecule has 1 amide bonds. The van der Waals surface area contributed by atoms with Crippen LogP contribution in [0.5, 0.6) is 5.75 Å². The number of ether oxygens (including phenoxy) is 1. The number of amides is 1. The molecule has 0 aliphatic carbocycles. The van der Waals surface area contributed by atoms with Crippen molar-refractivity contribution in [3.63, 3.8) is 0 Å². The van der Waals surface area contributed by atoms with E-state index in [1.165, 1.54) is 12.8 Å². The Labute approximate surface area is 115 Å². The molecule has 1 atom stereocenters. The molecule has 1 rings (SSSR count). The summed E-state index contributed by atoms with van der Waals surface area (Å²) in [6.45, 7) is 4.18. The Balaban J connectivity index is 2.63. The van der Waals surface area contributed by atoms with Crippen LogP contribution in [0, 0.1) is 0 Å². The molecule has 4 heteroatoms. The lowest BCUT2D eigenvalue weighted by atomic mass is 10.1. The first-order valence-corrected chi connectivity index (χ1v) is 6.83. The van der Waals surface area contributed by atoms with Crippen LogP contribution in [0.3, 0.4) is 0 Å². The smallest absolute Gasteiger partial charge is 0.253 e. The van der Waals surface area contributed by atoms with Gasteiger partial charge in [0.05, 0.1) is 18.4 Å². The minimum Gasteiger partial charge on any atom is -0.495 e. The number of anilines is 1. The summed E-state index contributed by atoms with van der Waals surface area (Å²) in [5, 5.41) is 2.97. The van der Waals surface area contributed by atoms with Gasteiger partial charge < -0.3 is 15.8 Å². The number of carbonyl (C=O) groups is 1. The highest BCUT2D eigenvalue weighted by Crippen LogP contribution is 2.24. The second-order valence-electron chi connectivity index (χ2n) is 4.79. The zero-order valence-corrected chi connectivity index (χ0v) is 12.0. The Kier molecular flexibility index (Phi) is 6.19. The zero-order chi connectivity index (χ0) is 14.3. The molecule has 0 saturated heterocycles. The molecule has 4 nitrogen and oxygen atoms in total. The van der Waals surface area contributed by atoms with Gasteiger partial charge in [-0.25, -0.2) is 0 Å². The molecule has 0 radical (unpaired) electrons. The third-order valence-corrected chi connectivity index (χ3v) is 3.15. The van der Waals surface area contributed by atoms with Crippen molar-refractivity contribution in [1.29, 1.82) is 0 Å². The summed E-state index contributed by atoms with van der Waals surface area (Å²) in [7, 11) is 1.54. The molecule has 0 spiro atoms. The third kappa shape index (κ3) is 4.47. The number of para-hydroxylation sites is 1. The SMILES string of the molecule is CCCCCC(C)NC(=O)c1cccc(OC)c1N. The fraction of sp³-hybridized carbons (Fsp3) is 0.533. The maximum absolute atomic E-state index is 12.1. The van der Waals surface area contributed by atoms with Crippen LogP contribution >= 0.6 is 0 Å². The van der Waals surface area contributed by atoms with Crippen LogP contribution in [0.15, 0.2) is 18.2 Å². The number of benzene rings is 1. The van der Waals surface area contributed by atoms with Gasteiger partial charge in [-0.3, -0.25) is 4.79 Å². The fourth-order valence-corrected chi connectivity index (χ4v) is 1.99. The average Bonchev–Trinajstić information content (AvgIpc) is 2.39. The topological polar surface area (TPSA) is 64.3 Å². The Morgan fingerprint density at radius 3 is 2.79 bits per heavy atom. The molecule has 0 fully saturated rings.